The quantitative estimate of drug-likeness (QED) is 0.486. The summed E-state index contributed by atoms with van der Waals surface area (Å²) in [5, 5.41) is 8.26. The average Bonchev–Trinajstić information content (AvgIpc) is 3.22. The highest BCUT2D eigenvalue weighted by molar-refractivity contribution is 6.18. The van der Waals surface area contributed by atoms with Gasteiger partial charge in [0.1, 0.15) is 11.7 Å². The Morgan fingerprint density at radius 2 is 2.00 bits per heavy atom. The first kappa shape index (κ1) is 22.3. The van der Waals surface area contributed by atoms with E-state index in [9.17, 15) is 13.2 Å². The maximum Gasteiger partial charge on any atom is 0.266 e. The number of rotatable bonds is 6. The third kappa shape index (κ3) is 5.00. The molecule has 6 nitrogen and oxygen atoms in total. The maximum absolute atomic E-state index is 13.8. The molecule has 30 heavy (non-hydrogen) atoms. The minimum atomic E-state index is -2.77. The van der Waals surface area contributed by atoms with Crippen LogP contribution in [0.5, 0.6) is 0 Å². The predicted molar refractivity (Wildman–Crippen MR) is 112 cm³/mol. The number of halogens is 4. The van der Waals surface area contributed by atoms with E-state index >= 15 is 0 Å². The largest absolute Gasteiger partial charge is 0.348 e. The number of allylic oxidation sites excluding steroid dienone is 5. The topological polar surface area (TPSA) is 59.7 Å². The van der Waals surface area contributed by atoms with E-state index in [4.69, 9.17) is 11.6 Å². The van der Waals surface area contributed by atoms with E-state index in [1.807, 2.05) is 20.8 Å². The summed E-state index contributed by atoms with van der Waals surface area (Å²) in [5.41, 5.74) is 0.925. The Morgan fingerprint density at radius 1 is 1.27 bits per heavy atom. The van der Waals surface area contributed by atoms with Gasteiger partial charge in [0.2, 0.25) is 0 Å². The summed E-state index contributed by atoms with van der Waals surface area (Å²) in [6.45, 7) is 9.70. The molecule has 1 aliphatic rings. The molecule has 0 atom stereocenters. The van der Waals surface area contributed by atoms with Gasteiger partial charge in [-0.2, -0.15) is 0 Å². The van der Waals surface area contributed by atoms with Crippen molar-refractivity contribution in [2.45, 2.75) is 45.1 Å². The van der Waals surface area contributed by atoms with Crippen molar-refractivity contribution in [1.82, 2.24) is 25.0 Å². The number of hydrogen-bond acceptors (Lipinski definition) is 5. The van der Waals surface area contributed by atoms with Crippen molar-refractivity contribution in [3.8, 4) is 0 Å². The van der Waals surface area contributed by atoms with Gasteiger partial charge in [-0.1, -0.05) is 38.6 Å². The van der Waals surface area contributed by atoms with E-state index in [1.165, 1.54) is 27.8 Å². The van der Waals surface area contributed by atoms with Crippen molar-refractivity contribution in [2.75, 3.05) is 23.9 Å². The van der Waals surface area contributed by atoms with Crippen LogP contribution in [0.15, 0.2) is 36.2 Å². The summed E-state index contributed by atoms with van der Waals surface area (Å²) in [7, 11) is 0. The first-order chi connectivity index (χ1) is 14.0. The minimum absolute atomic E-state index is 0.0706. The summed E-state index contributed by atoms with van der Waals surface area (Å²) in [6.07, 6.45) is 3.77. The molecule has 0 aliphatic carbocycles. The first-order valence-electron chi connectivity index (χ1n) is 9.52. The van der Waals surface area contributed by atoms with Crippen molar-refractivity contribution < 1.29 is 13.2 Å². The molecule has 0 amide bonds. The molecule has 10 heteroatoms. The van der Waals surface area contributed by atoms with E-state index in [0.29, 0.717) is 28.4 Å². The van der Waals surface area contributed by atoms with Gasteiger partial charge in [0.05, 0.1) is 13.1 Å². The highest BCUT2D eigenvalue weighted by Gasteiger charge is 2.40. The van der Waals surface area contributed by atoms with Gasteiger partial charge in [0.25, 0.3) is 5.92 Å². The van der Waals surface area contributed by atoms with Crippen LogP contribution in [-0.4, -0.2) is 49.9 Å². The first-order valence-corrected chi connectivity index (χ1v) is 10.1. The van der Waals surface area contributed by atoms with Crippen molar-refractivity contribution >= 4 is 28.6 Å². The lowest BCUT2D eigenvalue weighted by molar-refractivity contribution is 0.0257. The van der Waals surface area contributed by atoms with Crippen LogP contribution in [0.3, 0.4) is 0 Å². The van der Waals surface area contributed by atoms with Crippen LogP contribution in [0.1, 0.15) is 33.0 Å². The molecule has 2 aromatic heterocycles. The van der Waals surface area contributed by atoms with Crippen molar-refractivity contribution in [1.29, 1.82) is 0 Å². The van der Waals surface area contributed by atoms with Crippen molar-refractivity contribution in [3.05, 3.63) is 42.0 Å². The molecular formula is C20H24ClF3N6. The van der Waals surface area contributed by atoms with Crippen LogP contribution < -0.4 is 4.90 Å². The van der Waals surface area contributed by atoms with E-state index in [-0.39, 0.29) is 25.4 Å². The molecule has 0 spiro atoms. The van der Waals surface area contributed by atoms with Gasteiger partial charge in [0.15, 0.2) is 17.0 Å². The number of hydrogen-bond donors (Lipinski definition) is 0. The molecule has 3 heterocycles. The molecule has 1 fully saturated rings. The fourth-order valence-electron chi connectivity index (χ4n) is 3.01. The summed E-state index contributed by atoms with van der Waals surface area (Å²) in [4.78, 5) is 10.7. The fourth-order valence-corrected chi connectivity index (χ4v) is 3.15. The highest BCUT2D eigenvalue weighted by atomic mass is 35.5. The number of nitrogens with zero attached hydrogens (tertiary/aromatic N) is 6. The Morgan fingerprint density at radius 3 is 2.60 bits per heavy atom. The van der Waals surface area contributed by atoms with Crippen LogP contribution in [0.2, 0.25) is 0 Å². The Labute approximate surface area is 178 Å². The number of aromatic nitrogens is 5. The number of alkyl halides is 3. The van der Waals surface area contributed by atoms with E-state index in [1.54, 1.807) is 0 Å². The summed E-state index contributed by atoms with van der Waals surface area (Å²) >= 11 is 5.47. The second-order valence-electron chi connectivity index (χ2n) is 8.30. The molecule has 0 bridgehead atoms. The van der Waals surface area contributed by atoms with Crippen molar-refractivity contribution in [2.24, 2.45) is 0 Å². The molecule has 0 aromatic carbocycles. The normalized spacial score (nSPS) is 17.4. The smallest absolute Gasteiger partial charge is 0.266 e. The number of fused-ring (bicyclic) bond motifs is 1. The third-order valence-corrected chi connectivity index (χ3v) is 4.74. The zero-order chi connectivity index (χ0) is 22.1. The number of anilines is 1. The lowest BCUT2D eigenvalue weighted by atomic mass is 9.96. The Balaban J connectivity index is 1.99. The lowest BCUT2D eigenvalue weighted by Crippen LogP contribution is -2.27. The Hall–Kier alpha value is -2.42. The summed E-state index contributed by atoms with van der Waals surface area (Å²) in [5.74, 6) is -2.31. The van der Waals surface area contributed by atoms with Gasteiger partial charge in [-0.25, -0.2) is 27.8 Å². The lowest BCUT2D eigenvalue weighted by Gasteiger charge is -2.22. The van der Waals surface area contributed by atoms with E-state index in [0.717, 1.165) is 0 Å². The molecule has 162 valence electrons. The Kier molecular flexibility index (Phi) is 6.21. The maximum atomic E-state index is 13.8. The van der Waals surface area contributed by atoms with Gasteiger partial charge in [-0.05, 0) is 17.7 Å². The molecule has 2 aromatic rings. The molecular weight excluding hydrogens is 417 g/mol. The van der Waals surface area contributed by atoms with Gasteiger partial charge < -0.3 is 4.90 Å². The van der Waals surface area contributed by atoms with Crippen LogP contribution in [0.25, 0.3) is 11.2 Å². The summed E-state index contributed by atoms with van der Waals surface area (Å²) in [6, 6.07) is 0. The van der Waals surface area contributed by atoms with Crippen LogP contribution in [-0.2, 0) is 12.0 Å². The average molecular weight is 441 g/mol. The van der Waals surface area contributed by atoms with Gasteiger partial charge in [0, 0.05) is 24.3 Å². The molecule has 1 aliphatic heterocycles. The standard InChI is InChI=1S/C20H24ClF3N6/c1-13(5-6-14(22)7-9-21)11-30-17-15(27-28-30)16(25-18(26-17)19(2,3)4)29-10-8-20(23,24)12-29/h5-7H,1,8-12H2,2-4H3/b6-5-,14-7+. The van der Waals surface area contributed by atoms with Gasteiger partial charge in [-0.15, -0.1) is 16.7 Å². The molecule has 0 radical (unpaired) electrons. The van der Waals surface area contributed by atoms with E-state index < -0.39 is 23.7 Å². The van der Waals surface area contributed by atoms with Crippen molar-refractivity contribution in [3.63, 3.8) is 0 Å². The highest BCUT2D eigenvalue weighted by Crippen LogP contribution is 2.34. The predicted octanol–water partition coefficient (Wildman–Crippen LogP) is 4.57. The van der Waals surface area contributed by atoms with E-state index in [2.05, 4.69) is 26.9 Å². The Bertz CT molecular complexity index is 1010. The monoisotopic (exact) mass is 440 g/mol. The second kappa shape index (κ2) is 8.37. The molecule has 1 saturated heterocycles. The molecule has 0 unspecified atom stereocenters. The molecule has 0 N–H and O–H groups in total. The zero-order valence-electron chi connectivity index (χ0n) is 17.2. The zero-order valence-corrected chi connectivity index (χ0v) is 17.9. The molecule has 3 rings (SSSR count). The summed E-state index contributed by atoms with van der Waals surface area (Å²) < 4.78 is 42.6. The van der Waals surface area contributed by atoms with Gasteiger partial charge in [-0.3, -0.25) is 0 Å². The second-order valence-corrected chi connectivity index (χ2v) is 8.61. The SMILES string of the molecule is C=C(/C=C\C(F)=C/CCl)Cn1nnc2c(N3CCC(F)(F)C3)nc(C(C)(C)C)nc21. The van der Waals surface area contributed by atoms with Gasteiger partial charge >= 0.3 is 0 Å². The van der Waals surface area contributed by atoms with Crippen LogP contribution in [0, 0.1) is 0 Å². The third-order valence-electron chi connectivity index (χ3n) is 4.59. The fraction of sp³-hybridized carbons (Fsp3) is 0.500. The van der Waals surface area contributed by atoms with Crippen LogP contribution >= 0.6 is 11.6 Å². The van der Waals surface area contributed by atoms with Crippen LogP contribution in [0.4, 0.5) is 19.0 Å². The molecule has 0 saturated carbocycles. The minimum Gasteiger partial charge on any atom is -0.348 e.